The normalized spacial score (nSPS) is 13.7. The molecule has 27 heavy (non-hydrogen) atoms. The Labute approximate surface area is 167 Å². The number of carbonyl (C=O) groups excluding carboxylic acids is 1. The van der Waals surface area contributed by atoms with Crippen LogP contribution in [0.5, 0.6) is 0 Å². The highest BCUT2D eigenvalue weighted by atomic mass is 35.5. The minimum atomic E-state index is -0.488. The van der Waals surface area contributed by atoms with Crippen molar-refractivity contribution >= 4 is 40.5 Å². The zero-order valence-electron chi connectivity index (χ0n) is 14.8. The van der Waals surface area contributed by atoms with Crippen LogP contribution in [0.2, 0.25) is 10.0 Å². The zero-order chi connectivity index (χ0) is 19.6. The molecular weight excluding hydrogens is 389 g/mol. The van der Waals surface area contributed by atoms with Gasteiger partial charge in [0.25, 0.3) is 11.6 Å². The zero-order valence-corrected chi connectivity index (χ0v) is 16.3. The fourth-order valence-electron chi connectivity index (χ4n) is 3.25. The summed E-state index contributed by atoms with van der Waals surface area (Å²) >= 11 is 12.3. The smallest absolute Gasteiger partial charge is 0.270 e. The summed E-state index contributed by atoms with van der Waals surface area (Å²) in [7, 11) is 1.65. The molecule has 0 spiro atoms. The summed E-state index contributed by atoms with van der Waals surface area (Å²) in [5.41, 5.74) is 1.67. The number of anilines is 1. The molecule has 1 amide bonds. The summed E-state index contributed by atoms with van der Waals surface area (Å²) in [4.78, 5) is 27.4. The number of rotatable bonds is 5. The summed E-state index contributed by atoms with van der Waals surface area (Å²) in [6, 6.07) is 9.71. The van der Waals surface area contributed by atoms with Crippen LogP contribution in [0.4, 0.5) is 11.4 Å². The van der Waals surface area contributed by atoms with Crippen LogP contribution < -0.4 is 4.90 Å². The van der Waals surface area contributed by atoms with Crippen molar-refractivity contribution in [1.29, 1.82) is 0 Å². The van der Waals surface area contributed by atoms with Gasteiger partial charge in [0.15, 0.2) is 0 Å². The van der Waals surface area contributed by atoms with Crippen LogP contribution in [-0.2, 0) is 6.54 Å². The number of nitro benzene ring substituents is 1. The Hall–Kier alpha value is -2.31. The van der Waals surface area contributed by atoms with E-state index >= 15 is 0 Å². The van der Waals surface area contributed by atoms with Gasteiger partial charge in [-0.05, 0) is 30.5 Å². The van der Waals surface area contributed by atoms with Crippen molar-refractivity contribution in [3.05, 3.63) is 67.7 Å². The maximum atomic E-state index is 13.1. The van der Waals surface area contributed by atoms with Crippen LogP contribution >= 0.6 is 23.2 Å². The SMILES string of the molecule is CN(Cc1cccc(Cl)c1Cl)C(=O)c1cc([N+](=O)[O-])ccc1N1CCCC1. The summed E-state index contributed by atoms with van der Waals surface area (Å²) in [5, 5.41) is 12.0. The van der Waals surface area contributed by atoms with Gasteiger partial charge in [0.1, 0.15) is 0 Å². The predicted molar refractivity (Wildman–Crippen MR) is 107 cm³/mol. The quantitative estimate of drug-likeness (QED) is 0.528. The van der Waals surface area contributed by atoms with E-state index in [1.807, 2.05) is 0 Å². The highest BCUT2D eigenvalue weighted by molar-refractivity contribution is 6.42. The van der Waals surface area contributed by atoms with Crippen LogP contribution in [0.1, 0.15) is 28.8 Å². The third kappa shape index (κ3) is 4.17. The highest BCUT2D eigenvalue weighted by Gasteiger charge is 2.25. The average Bonchev–Trinajstić information content (AvgIpc) is 3.18. The van der Waals surface area contributed by atoms with E-state index in [1.165, 1.54) is 17.0 Å². The van der Waals surface area contributed by atoms with Crippen LogP contribution in [0.15, 0.2) is 36.4 Å². The van der Waals surface area contributed by atoms with E-state index in [0.29, 0.717) is 21.2 Å². The fourth-order valence-corrected chi connectivity index (χ4v) is 3.63. The third-order valence-electron chi connectivity index (χ3n) is 4.65. The molecule has 1 heterocycles. The highest BCUT2D eigenvalue weighted by Crippen LogP contribution is 2.31. The first-order chi connectivity index (χ1) is 12.9. The molecule has 6 nitrogen and oxygen atoms in total. The molecule has 0 bridgehead atoms. The predicted octanol–water partition coefficient (Wildman–Crippen LogP) is 4.77. The molecule has 2 aromatic rings. The lowest BCUT2D eigenvalue weighted by Crippen LogP contribution is -2.29. The van der Waals surface area contributed by atoms with E-state index in [9.17, 15) is 14.9 Å². The Kier molecular flexibility index (Phi) is 5.87. The molecular formula is C19H19Cl2N3O3. The number of benzene rings is 2. The van der Waals surface area contributed by atoms with Crippen molar-refractivity contribution in [3.8, 4) is 0 Å². The van der Waals surface area contributed by atoms with Crippen LogP contribution in [0.3, 0.4) is 0 Å². The van der Waals surface area contributed by atoms with Gasteiger partial charge in [0.05, 0.1) is 26.2 Å². The Morgan fingerprint density at radius 2 is 1.93 bits per heavy atom. The minimum absolute atomic E-state index is 0.101. The monoisotopic (exact) mass is 407 g/mol. The lowest BCUT2D eigenvalue weighted by Gasteiger charge is -2.24. The van der Waals surface area contributed by atoms with Crippen molar-refractivity contribution in [2.45, 2.75) is 19.4 Å². The second-order valence-corrected chi connectivity index (χ2v) is 7.31. The minimum Gasteiger partial charge on any atom is -0.371 e. The maximum Gasteiger partial charge on any atom is 0.270 e. The number of nitro groups is 1. The van der Waals surface area contributed by atoms with Crippen molar-refractivity contribution in [2.75, 3.05) is 25.0 Å². The van der Waals surface area contributed by atoms with Crippen LogP contribution in [-0.4, -0.2) is 35.9 Å². The van der Waals surface area contributed by atoms with Crippen molar-refractivity contribution in [1.82, 2.24) is 4.90 Å². The molecule has 3 rings (SSSR count). The lowest BCUT2D eigenvalue weighted by atomic mass is 10.1. The van der Waals surface area contributed by atoms with E-state index in [1.54, 1.807) is 31.3 Å². The summed E-state index contributed by atoms with van der Waals surface area (Å²) < 4.78 is 0. The van der Waals surface area contributed by atoms with Gasteiger partial charge in [-0.25, -0.2) is 0 Å². The van der Waals surface area contributed by atoms with Gasteiger partial charge < -0.3 is 9.80 Å². The largest absolute Gasteiger partial charge is 0.371 e. The number of halogens is 2. The van der Waals surface area contributed by atoms with E-state index in [2.05, 4.69) is 4.90 Å². The number of hydrogen-bond acceptors (Lipinski definition) is 4. The molecule has 0 N–H and O–H groups in total. The molecule has 0 atom stereocenters. The molecule has 0 aromatic heterocycles. The van der Waals surface area contributed by atoms with Crippen LogP contribution in [0.25, 0.3) is 0 Å². The molecule has 0 radical (unpaired) electrons. The summed E-state index contributed by atoms with van der Waals surface area (Å²) in [5.74, 6) is -0.295. The Morgan fingerprint density at radius 3 is 2.59 bits per heavy atom. The molecule has 1 aliphatic heterocycles. The van der Waals surface area contributed by atoms with E-state index in [0.717, 1.165) is 31.6 Å². The second kappa shape index (κ2) is 8.15. The van der Waals surface area contributed by atoms with Gasteiger partial charge in [0.2, 0.25) is 0 Å². The molecule has 2 aromatic carbocycles. The number of nitrogens with zero attached hydrogens (tertiary/aromatic N) is 3. The van der Waals surface area contributed by atoms with Gasteiger partial charge in [-0.3, -0.25) is 14.9 Å². The number of amides is 1. The standard InChI is InChI=1S/C19H19Cl2N3O3/c1-22(12-13-5-4-6-16(20)18(13)21)19(25)15-11-14(24(26)27)7-8-17(15)23-9-2-3-10-23/h4-8,11H,2-3,9-10,12H2,1H3. The Bertz CT molecular complexity index is 882. The Balaban J connectivity index is 1.92. The van der Waals surface area contributed by atoms with E-state index < -0.39 is 4.92 Å². The summed E-state index contributed by atoms with van der Waals surface area (Å²) in [6.07, 6.45) is 2.08. The van der Waals surface area contributed by atoms with Crippen molar-refractivity contribution in [3.63, 3.8) is 0 Å². The molecule has 0 aliphatic carbocycles. The van der Waals surface area contributed by atoms with Gasteiger partial charge >= 0.3 is 0 Å². The number of carbonyl (C=O) groups is 1. The maximum absolute atomic E-state index is 13.1. The molecule has 1 fully saturated rings. The molecule has 0 unspecified atom stereocenters. The molecule has 142 valence electrons. The number of non-ortho nitro benzene ring substituents is 1. The third-order valence-corrected chi connectivity index (χ3v) is 5.51. The Morgan fingerprint density at radius 1 is 1.22 bits per heavy atom. The second-order valence-electron chi connectivity index (χ2n) is 6.53. The first-order valence-electron chi connectivity index (χ1n) is 8.60. The molecule has 1 saturated heterocycles. The van der Waals surface area contributed by atoms with E-state index in [-0.39, 0.29) is 18.1 Å². The molecule has 8 heteroatoms. The fraction of sp³-hybridized carbons (Fsp3) is 0.316. The van der Waals surface area contributed by atoms with Crippen molar-refractivity contribution < 1.29 is 9.72 Å². The molecule has 0 saturated carbocycles. The average molecular weight is 408 g/mol. The van der Waals surface area contributed by atoms with Gasteiger partial charge in [0, 0.05) is 38.8 Å². The number of hydrogen-bond donors (Lipinski definition) is 0. The van der Waals surface area contributed by atoms with Gasteiger partial charge in [-0.2, -0.15) is 0 Å². The van der Waals surface area contributed by atoms with Gasteiger partial charge in [-0.1, -0.05) is 35.3 Å². The first-order valence-corrected chi connectivity index (χ1v) is 9.36. The summed E-state index contributed by atoms with van der Waals surface area (Å²) in [6.45, 7) is 1.92. The van der Waals surface area contributed by atoms with Crippen LogP contribution in [0, 0.1) is 10.1 Å². The topological polar surface area (TPSA) is 66.7 Å². The molecule has 1 aliphatic rings. The first kappa shape index (κ1) is 19.5. The van der Waals surface area contributed by atoms with Gasteiger partial charge in [-0.15, -0.1) is 0 Å². The van der Waals surface area contributed by atoms with Crippen molar-refractivity contribution in [2.24, 2.45) is 0 Å². The van der Waals surface area contributed by atoms with E-state index in [4.69, 9.17) is 23.2 Å². The lowest BCUT2D eigenvalue weighted by molar-refractivity contribution is -0.384.